The van der Waals surface area contributed by atoms with Crippen LogP contribution in [0.3, 0.4) is 0 Å². The largest absolute Gasteiger partial charge is 0.477 e. The predicted octanol–water partition coefficient (Wildman–Crippen LogP) is 4.10. The van der Waals surface area contributed by atoms with E-state index in [4.69, 9.17) is 9.84 Å². The summed E-state index contributed by atoms with van der Waals surface area (Å²) >= 11 is 0.604. The molecule has 2 aromatic rings. The Kier molecular flexibility index (Phi) is 3.86. The van der Waals surface area contributed by atoms with Crippen molar-refractivity contribution >= 4 is 17.3 Å². The molecule has 9 heteroatoms. The van der Waals surface area contributed by atoms with Gasteiger partial charge in [0, 0.05) is 0 Å². The molecule has 1 aromatic carbocycles. The number of aromatic nitrogens is 1. The van der Waals surface area contributed by atoms with Gasteiger partial charge < -0.3 is 9.84 Å². The van der Waals surface area contributed by atoms with Crippen LogP contribution < -0.4 is 4.74 Å². The molecule has 0 atom stereocenters. The van der Waals surface area contributed by atoms with Gasteiger partial charge in [-0.05, 0) is 19.1 Å². The number of carboxylic acid groups (broad SMARTS) is 1. The summed E-state index contributed by atoms with van der Waals surface area (Å²) in [5.41, 5.74) is -1.33. The van der Waals surface area contributed by atoms with E-state index in [0.717, 1.165) is 12.1 Å². The lowest BCUT2D eigenvalue weighted by Gasteiger charge is -2.10. The second-order valence-electron chi connectivity index (χ2n) is 3.92. The molecule has 1 aromatic heterocycles. The number of aromatic carboxylic acids is 1. The van der Waals surface area contributed by atoms with Crippen LogP contribution >= 0.6 is 11.3 Å². The number of hydrogen-bond donors (Lipinski definition) is 1. The van der Waals surface area contributed by atoms with Crippen LogP contribution in [0, 0.1) is 12.7 Å². The maximum Gasteiger partial charge on any atom is 0.419 e. The van der Waals surface area contributed by atoms with E-state index in [-0.39, 0.29) is 15.8 Å². The summed E-state index contributed by atoms with van der Waals surface area (Å²) in [5, 5.41) is 8.60. The monoisotopic (exact) mass is 321 g/mol. The van der Waals surface area contributed by atoms with Crippen molar-refractivity contribution in [1.82, 2.24) is 4.98 Å². The number of benzene rings is 1. The highest BCUT2D eigenvalue weighted by atomic mass is 32.1. The summed E-state index contributed by atoms with van der Waals surface area (Å²) in [7, 11) is 0. The van der Waals surface area contributed by atoms with Gasteiger partial charge in [-0.1, -0.05) is 17.4 Å². The van der Waals surface area contributed by atoms with Crippen molar-refractivity contribution in [2.45, 2.75) is 13.1 Å². The Balaban J connectivity index is 2.37. The number of carbonyl (C=O) groups is 1. The summed E-state index contributed by atoms with van der Waals surface area (Å²) in [6.45, 7) is 1.40. The molecule has 1 heterocycles. The number of aryl methyl sites for hydroxylation is 1. The lowest BCUT2D eigenvalue weighted by atomic mass is 10.2. The average Bonchev–Trinajstić information content (AvgIpc) is 2.71. The molecule has 112 valence electrons. The molecule has 0 radical (unpaired) electrons. The summed E-state index contributed by atoms with van der Waals surface area (Å²) in [6, 6.07) is 2.57. The Labute approximate surface area is 119 Å². The third kappa shape index (κ3) is 3.13. The highest BCUT2D eigenvalue weighted by Crippen LogP contribution is 2.37. The minimum Gasteiger partial charge on any atom is -0.477 e. The molecular formula is C12H7F4NO3S. The quantitative estimate of drug-likeness (QED) is 0.865. The van der Waals surface area contributed by atoms with Gasteiger partial charge in [-0.3, -0.25) is 0 Å². The van der Waals surface area contributed by atoms with Gasteiger partial charge in [0.2, 0.25) is 0 Å². The van der Waals surface area contributed by atoms with E-state index in [1.807, 2.05) is 0 Å². The molecule has 21 heavy (non-hydrogen) atoms. The van der Waals surface area contributed by atoms with E-state index < -0.39 is 29.3 Å². The van der Waals surface area contributed by atoms with Crippen molar-refractivity contribution in [3.05, 3.63) is 40.2 Å². The van der Waals surface area contributed by atoms with Gasteiger partial charge >= 0.3 is 12.1 Å². The smallest absolute Gasteiger partial charge is 0.419 e. The van der Waals surface area contributed by atoms with Crippen LogP contribution in [0.2, 0.25) is 0 Å². The van der Waals surface area contributed by atoms with Crippen molar-refractivity contribution in [3.8, 4) is 10.9 Å². The van der Waals surface area contributed by atoms with Gasteiger partial charge in [-0.15, -0.1) is 0 Å². The van der Waals surface area contributed by atoms with E-state index in [0.29, 0.717) is 17.4 Å². The molecule has 0 saturated heterocycles. The van der Waals surface area contributed by atoms with Gasteiger partial charge in [0.1, 0.15) is 4.88 Å². The van der Waals surface area contributed by atoms with Crippen LogP contribution in [0.1, 0.15) is 20.9 Å². The van der Waals surface area contributed by atoms with Crippen molar-refractivity contribution in [2.24, 2.45) is 0 Å². The van der Waals surface area contributed by atoms with Gasteiger partial charge in [-0.2, -0.15) is 13.2 Å². The van der Waals surface area contributed by atoms with Gasteiger partial charge in [0.25, 0.3) is 5.19 Å². The zero-order valence-corrected chi connectivity index (χ0v) is 11.2. The first-order valence-corrected chi connectivity index (χ1v) is 6.26. The standard InChI is InChI=1S/C12H7F4NO3S/c1-5-9(10(18)19)21-11(17-5)20-7-4-2-3-6(8(7)13)12(14,15)16/h2-4H,1H3,(H,18,19). The Morgan fingerprint density at radius 2 is 2.05 bits per heavy atom. The van der Waals surface area contributed by atoms with E-state index in [2.05, 4.69) is 4.98 Å². The highest BCUT2D eigenvalue weighted by Gasteiger charge is 2.35. The van der Waals surface area contributed by atoms with E-state index in [9.17, 15) is 22.4 Å². The lowest BCUT2D eigenvalue weighted by Crippen LogP contribution is -2.08. The number of rotatable bonds is 3. The van der Waals surface area contributed by atoms with Crippen molar-refractivity contribution in [2.75, 3.05) is 0 Å². The molecule has 0 unspecified atom stereocenters. The fourth-order valence-corrected chi connectivity index (χ4v) is 2.29. The fourth-order valence-electron chi connectivity index (χ4n) is 1.52. The van der Waals surface area contributed by atoms with Crippen molar-refractivity contribution in [1.29, 1.82) is 0 Å². The van der Waals surface area contributed by atoms with Crippen LogP contribution in [0.4, 0.5) is 17.6 Å². The molecule has 0 spiro atoms. The van der Waals surface area contributed by atoms with Gasteiger partial charge in [0.15, 0.2) is 11.6 Å². The molecule has 4 nitrogen and oxygen atoms in total. The number of halogens is 4. The topological polar surface area (TPSA) is 59.4 Å². The first-order chi connectivity index (χ1) is 9.70. The molecule has 0 bridgehead atoms. The molecule has 0 aliphatic carbocycles. The summed E-state index contributed by atoms with van der Waals surface area (Å²) in [5.74, 6) is -3.49. The Morgan fingerprint density at radius 1 is 1.38 bits per heavy atom. The summed E-state index contributed by atoms with van der Waals surface area (Å²) < 4.78 is 56.3. The number of carboxylic acids is 1. The van der Waals surface area contributed by atoms with Crippen LogP contribution in [0.5, 0.6) is 10.9 Å². The molecule has 0 amide bonds. The maximum atomic E-state index is 13.7. The Bertz CT molecular complexity index is 696. The summed E-state index contributed by atoms with van der Waals surface area (Å²) in [4.78, 5) is 14.4. The lowest BCUT2D eigenvalue weighted by molar-refractivity contribution is -0.140. The number of thiazole rings is 1. The zero-order chi connectivity index (χ0) is 15.8. The van der Waals surface area contributed by atoms with Gasteiger partial charge in [-0.25, -0.2) is 14.2 Å². The van der Waals surface area contributed by atoms with E-state index in [1.54, 1.807) is 0 Å². The minimum atomic E-state index is -4.85. The fraction of sp³-hybridized carbons (Fsp3) is 0.167. The molecule has 0 aliphatic rings. The van der Waals surface area contributed by atoms with Crippen LogP contribution in [0.15, 0.2) is 18.2 Å². The third-order valence-corrected chi connectivity index (χ3v) is 3.46. The summed E-state index contributed by atoms with van der Waals surface area (Å²) in [6.07, 6.45) is -4.85. The zero-order valence-electron chi connectivity index (χ0n) is 10.4. The molecule has 0 aliphatic heterocycles. The third-order valence-electron chi connectivity index (χ3n) is 2.44. The predicted molar refractivity (Wildman–Crippen MR) is 65.3 cm³/mol. The van der Waals surface area contributed by atoms with Crippen LogP contribution in [-0.2, 0) is 6.18 Å². The normalized spacial score (nSPS) is 11.5. The number of hydrogen-bond acceptors (Lipinski definition) is 4. The molecule has 0 saturated carbocycles. The highest BCUT2D eigenvalue weighted by molar-refractivity contribution is 7.15. The van der Waals surface area contributed by atoms with E-state index in [1.165, 1.54) is 6.92 Å². The van der Waals surface area contributed by atoms with Crippen LogP contribution in [0.25, 0.3) is 0 Å². The Hall–Kier alpha value is -2.16. The Morgan fingerprint density at radius 3 is 2.57 bits per heavy atom. The number of alkyl halides is 3. The minimum absolute atomic E-state index is 0.127. The first-order valence-electron chi connectivity index (χ1n) is 5.44. The second-order valence-corrected chi connectivity index (χ2v) is 4.88. The molecular weight excluding hydrogens is 314 g/mol. The van der Waals surface area contributed by atoms with Gasteiger partial charge in [0.05, 0.1) is 11.3 Å². The first kappa shape index (κ1) is 15.2. The molecule has 2 rings (SSSR count). The second kappa shape index (κ2) is 5.32. The van der Waals surface area contributed by atoms with Crippen LogP contribution in [-0.4, -0.2) is 16.1 Å². The average molecular weight is 321 g/mol. The molecule has 0 fully saturated rings. The maximum absolute atomic E-state index is 13.7. The number of nitrogens with zero attached hydrogens (tertiary/aromatic N) is 1. The molecule has 1 N–H and O–H groups in total. The van der Waals surface area contributed by atoms with E-state index >= 15 is 0 Å². The number of ether oxygens (including phenoxy) is 1. The van der Waals surface area contributed by atoms with Crippen molar-refractivity contribution < 1.29 is 32.2 Å². The SMILES string of the molecule is Cc1nc(Oc2cccc(C(F)(F)F)c2F)sc1C(=O)O. The van der Waals surface area contributed by atoms with Crippen molar-refractivity contribution in [3.63, 3.8) is 0 Å².